The number of rotatable bonds is 6. The standard InChI is InChI=1S/C25H29F3N4O5S/c1-13(33)12-35-20(25(26,27)28)16-5-6-17(21-29-7-8-38-21)19-18(16)30-22(36-19)31-10-14-9-15(11-31)32(14)23(34)37-24(2,3)4/h5-8,13-15,20,33H,9-12H2,1-4H3. The zero-order valence-electron chi connectivity index (χ0n) is 21.4. The number of aliphatic hydroxyl groups is 1. The number of alkyl halides is 3. The number of anilines is 1. The molecule has 1 amide bonds. The number of hydrogen-bond acceptors (Lipinski definition) is 9. The molecule has 0 saturated carbocycles. The van der Waals surface area contributed by atoms with E-state index in [1.807, 2.05) is 25.7 Å². The molecule has 206 valence electrons. The number of nitrogens with zero attached hydrogens (tertiary/aromatic N) is 4. The molecule has 1 aromatic carbocycles. The highest BCUT2D eigenvalue weighted by Gasteiger charge is 2.50. The first-order valence-corrected chi connectivity index (χ1v) is 13.2. The molecule has 1 N–H and O–H groups in total. The van der Waals surface area contributed by atoms with Crippen molar-refractivity contribution in [3.8, 4) is 10.6 Å². The molecule has 9 nitrogen and oxygen atoms in total. The van der Waals surface area contributed by atoms with Gasteiger partial charge in [-0.05, 0) is 40.2 Å². The Bertz CT molecular complexity index is 1290. The number of fused-ring (bicyclic) bond motifs is 3. The summed E-state index contributed by atoms with van der Waals surface area (Å²) in [7, 11) is 0. The number of amides is 1. The second kappa shape index (κ2) is 9.69. The van der Waals surface area contributed by atoms with Crippen LogP contribution in [0.2, 0.25) is 0 Å². The van der Waals surface area contributed by atoms with Crippen LogP contribution >= 0.6 is 11.3 Å². The van der Waals surface area contributed by atoms with Gasteiger partial charge in [-0.3, -0.25) is 4.90 Å². The first-order chi connectivity index (χ1) is 17.8. The quantitative estimate of drug-likeness (QED) is 0.447. The highest BCUT2D eigenvalue weighted by Crippen LogP contribution is 2.44. The maximum Gasteiger partial charge on any atom is 0.418 e. The van der Waals surface area contributed by atoms with Crippen LogP contribution in [0.3, 0.4) is 0 Å². The number of carbonyl (C=O) groups is 1. The number of ether oxygens (including phenoxy) is 2. The van der Waals surface area contributed by atoms with Gasteiger partial charge in [0.25, 0.3) is 6.01 Å². The van der Waals surface area contributed by atoms with Gasteiger partial charge in [-0.15, -0.1) is 11.3 Å². The maximum atomic E-state index is 14.1. The van der Waals surface area contributed by atoms with E-state index in [0.717, 1.165) is 6.42 Å². The fourth-order valence-electron chi connectivity index (χ4n) is 4.86. The highest BCUT2D eigenvalue weighted by atomic mass is 32.1. The Morgan fingerprint density at radius 1 is 1.26 bits per heavy atom. The van der Waals surface area contributed by atoms with Crippen LogP contribution < -0.4 is 4.90 Å². The fraction of sp³-hybridized carbons (Fsp3) is 0.560. The molecule has 0 aliphatic carbocycles. The molecule has 2 aromatic heterocycles. The van der Waals surface area contributed by atoms with Crippen LogP contribution in [0.25, 0.3) is 21.7 Å². The molecule has 38 heavy (non-hydrogen) atoms. The van der Waals surface area contributed by atoms with Crippen molar-refractivity contribution in [1.82, 2.24) is 14.9 Å². The fourth-order valence-corrected chi connectivity index (χ4v) is 5.52. The van der Waals surface area contributed by atoms with E-state index in [4.69, 9.17) is 13.9 Å². The number of carbonyl (C=O) groups excluding carboxylic acids is 1. The Hall–Kier alpha value is -2.90. The van der Waals surface area contributed by atoms with Crippen LogP contribution in [-0.4, -0.2) is 75.7 Å². The lowest BCUT2D eigenvalue weighted by Crippen LogP contribution is -2.70. The van der Waals surface area contributed by atoms with Crippen molar-refractivity contribution in [2.45, 2.75) is 70.2 Å². The Balaban J connectivity index is 1.49. The average molecular weight is 555 g/mol. The molecule has 4 atom stereocenters. The van der Waals surface area contributed by atoms with Gasteiger partial charge in [0.05, 0.1) is 30.4 Å². The van der Waals surface area contributed by atoms with Crippen LogP contribution in [0.5, 0.6) is 0 Å². The Morgan fingerprint density at radius 3 is 2.55 bits per heavy atom. The summed E-state index contributed by atoms with van der Waals surface area (Å²) in [6.07, 6.45) is -6.11. The molecular formula is C25H29F3N4O5S. The van der Waals surface area contributed by atoms with E-state index in [9.17, 15) is 23.1 Å². The predicted molar refractivity (Wildman–Crippen MR) is 134 cm³/mol. The van der Waals surface area contributed by atoms with Crippen LogP contribution in [0.15, 0.2) is 28.1 Å². The number of benzene rings is 1. The van der Waals surface area contributed by atoms with Gasteiger partial charge in [0.15, 0.2) is 11.7 Å². The van der Waals surface area contributed by atoms with Crippen molar-refractivity contribution in [2.24, 2.45) is 0 Å². The first kappa shape index (κ1) is 26.7. The number of oxazole rings is 1. The summed E-state index contributed by atoms with van der Waals surface area (Å²) in [6, 6.07) is 2.78. The molecule has 3 saturated heterocycles. The van der Waals surface area contributed by atoms with Crippen molar-refractivity contribution in [3.05, 3.63) is 29.3 Å². The van der Waals surface area contributed by atoms with Gasteiger partial charge in [-0.2, -0.15) is 18.2 Å². The lowest BCUT2D eigenvalue weighted by Gasteiger charge is -2.55. The van der Waals surface area contributed by atoms with Crippen LogP contribution in [-0.2, 0) is 9.47 Å². The second-order valence-electron chi connectivity index (χ2n) is 10.7. The third kappa shape index (κ3) is 5.19. The van der Waals surface area contributed by atoms with E-state index in [1.165, 1.54) is 30.4 Å². The summed E-state index contributed by atoms with van der Waals surface area (Å²) < 4.78 is 59.0. The summed E-state index contributed by atoms with van der Waals surface area (Å²) in [5.41, 5.74) is -0.115. The van der Waals surface area contributed by atoms with Crippen molar-refractivity contribution >= 4 is 34.5 Å². The van der Waals surface area contributed by atoms with Gasteiger partial charge in [0, 0.05) is 30.2 Å². The minimum atomic E-state index is -4.75. The SMILES string of the molecule is CC(O)COC(c1ccc(-c2nccs2)c2oc(N3CC4CC(C3)N4C(=O)OC(C)(C)C)nc12)C(F)(F)F. The van der Waals surface area contributed by atoms with Crippen LogP contribution in [0.1, 0.15) is 45.8 Å². The number of hydrogen-bond donors (Lipinski definition) is 1. The van der Waals surface area contributed by atoms with E-state index < -0.39 is 30.6 Å². The van der Waals surface area contributed by atoms with Crippen molar-refractivity contribution in [3.63, 3.8) is 0 Å². The van der Waals surface area contributed by atoms with Gasteiger partial charge in [0.2, 0.25) is 0 Å². The molecule has 5 heterocycles. The summed E-state index contributed by atoms with van der Waals surface area (Å²) in [6.45, 7) is 7.09. The Morgan fingerprint density at radius 2 is 1.97 bits per heavy atom. The topological polar surface area (TPSA) is 101 Å². The molecule has 0 radical (unpaired) electrons. The van der Waals surface area contributed by atoms with Gasteiger partial charge >= 0.3 is 12.3 Å². The number of aliphatic hydroxyl groups excluding tert-OH is 1. The number of thiazole rings is 1. The summed E-state index contributed by atoms with van der Waals surface area (Å²) >= 11 is 1.33. The highest BCUT2D eigenvalue weighted by molar-refractivity contribution is 7.13. The molecule has 4 unspecified atom stereocenters. The molecule has 3 fully saturated rings. The molecule has 0 spiro atoms. The van der Waals surface area contributed by atoms with Gasteiger partial charge < -0.3 is 23.9 Å². The Kier molecular flexibility index (Phi) is 6.81. The Labute approximate surface area is 221 Å². The number of piperidine rings is 1. The summed E-state index contributed by atoms with van der Waals surface area (Å²) in [5.74, 6) is 0. The summed E-state index contributed by atoms with van der Waals surface area (Å²) in [5, 5.41) is 11.9. The molecule has 13 heteroatoms. The molecular weight excluding hydrogens is 525 g/mol. The summed E-state index contributed by atoms with van der Waals surface area (Å²) in [4.78, 5) is 25.0. The zero-order valence-corrected chi connectivity index (χ0v) is 22.2. The van der Waals surface area contributed by atoms with Crippen molar-refractivity contribution in [2.75, 3.05) is 24.6 Å². The maximum absolute atomic E-state index is 14.1. The molecule has 3 aliphatic heterocycles. The minimum Gasteiger partial charge on any atom is -0.444 e. The monoisotopic (exact) mass is 554 g/mol. The van der Waals surface area contributed by atoms with E-state index in [-0.39, 0.29) is 40.9 Å². The number of halogens is 3. The molecule has 2 bridgehead atoms. The van der Waals surface area contributed by atoms with E-state index in [1.54, 1.807) is 16.5 Å². The van der Waals surface area contributed by atoms with Crippen molar-refractivity contribution < 1.29 is 37.0 Å². The molecule has 3 aromatic rings. The van der Waals surface area contributed by atoms with E-state index in [0.29, 0.717) is 23.7 Å². The second-order valence-corrected chi connectivity index (χ2v) is 11.5. The zero-order chi connectivity index (χ0) is 27.4. The molecule has 6 rings (SSSR count). The number of piperazine rings is 1. The third-order valence-electron chi connectivity index (χ3n) is 6.38. The number of aromatic nitrogens is 2. The normalized spacial score (nSPS) is 21.4. The molecule has 3 aliphatic rings. The lowest BCUT2D eigenvalue weighted by atomic mass is 9.88. The average Bonchev–Trinajstić information content (AvgIpc) is 3.47. The van der Waals surface area contributed by atoms with Crippen molar-refractivity contribution in [1.29, 1.82) is 0 Å². The van der Waals surface area contributed by atoms with Gasteiger partial charge in [0.1, 0.15) is 16.1 Å². The van der Waals surface area contributed by atoms with Gasteiger partial charge in [-0.25, -0.2) is 9.78 Å². The van der Waals surface area contributed by atoms with Crippen LogP contribution in [0, 0.1) is 0 Å². The third-order valence-corrected chi connectivity index (χ3v) is 7.18. The van der Waals surface area contributed by atoms with E-state index >= 15 is 0 Å². The largest absolute Gasteiger partial charge is 0.444 e. The predicted octanol–water partition coefficient (Wildman–Crippen LogP) is 5.15. The lowest BCUT2D eigenvalue weighted by molar-refractivity contribution is -0.228. The smallest absolute Gasteiger partial charge is 0.418 e. The first-order valence-electron chi connectivity index (χ1n) is 12.3. The van der Waals surface area contributed by atoms with E-state index in [2.05, 4.69) is 9.97 Å². The van der Waals surface area contributed by atoms with Gasteiger partial charge in [-0.1, -0.05) is 6.07 Å². The van der Waals surface area contributed by atoms with Crippen LogP contribution in [0.4, 0.5) is 24.0 Å². The minimum absolute atomic E-state index is 0.0175.